The van der Waals surface area contributed by atoms with Gasteiger partial charge in [-0.1, -0.05) is 13.8 Å². The molecule has 76 valence electrons. The van der Waals surface area contributed by atoms with Crippen LogP contribution in [0.4, 0.5) is 0 Å². The first-order chi connectivity index (χ1) is 5.61. The van der Waals surface area contributed by atoms with E-state index in [2.05, 4.69) is 25.7 Å². The van der Waals surface area contributed by atoms with Gasteiger partial charge < -0.3 is 10.6 Å². The van der Waals surface area contributed by atoms with Gasteiger partial charge in [-0.2, -0.15) is 0 Å². The molecule has 0 saturated carbocycles. The molecule has 1 rings (SSSR count). The molecule has 0 aliphatic carbocycles. The summed E-state index contributed by atoms with van der Waals surface area (Å²) in [6, 6.07) is 0.759. The van der Waals surface area contributed by atoms with Crippen LogP contribution in [0.3, 0.4) is 0 Å². The molecule has 1 fully saturated rings. The Hall–Kier alpha value is -0.0800. The number of rotatable bonds is 1. The average molecular weight is 174 g/mol. The van der Waals surface area contributed by atoms with Crippen LogP contribution in [0, 0.1) is 5.92 Å². The molecule has 0 aromatic rings. The lowest BCUT2D eigenvalue weighted by atomic mass is 10.2. The predicted octanol–water partition coefficient (Wildman–Crippen LogP) is 1.95. The first-order valence-electron chi connectivity index (χ1n) is 5.05. The van der Waals surface area contributed by atoms with E-state index in [1.54, 1.807) is 0 Å². The van der Waals surface area contributed by atoms with Crippen molar-refractivity contribution in [1.29, 1.82) is 0 Å². The van der Waals surface area contributed by atoms with Crippen LogP contribution in [0.15, 0.2) is 0 Å². The summed E-state index contributed by atoms with van der Waals surface area (Å²) in [6.45, 7) is 12.2. The molecular weight excluding hydrogens is 148 g/mol. The number of hydrogen-bond donors (Lipinski definition) is 1. The van der Waals surface area contributed by atoms with Gasteiger partial charge in [0.2, 0.25) is 0 Å². The van der Waals surface area contributed by atoms with Gasteiger partial charge in [0.05, 0.1) is 0 Å². The maximum atomic E-state index is 4.85. The first kappa shape index (κ1) is 11.9. The third kappa shape index (κ3) is 4.73. The standard InChI is InChI=1S/C8H17N.C2H7N.H2/c1-7(2)9-5-4-8(3)6-9;1-2-3;/h7-8H,4-6H2,1-3H3;2-3H2,1H3;1H/t8-;;/m0../s1. The Balaban J connectivity index is 0. The van der Waals surface area contributed by atoms with E-state index in [-0.39, 0.29) is 1.43 Å². The zero-order chi connectivity index (χ0) is 9.56. The molecule has 1 saturated heterocycles. The lowest BCUT2D eigenvalue weighted by Gasteiger charge is -2.19. The molecule has 2 nitrogen and oxygen atoms in total. The normalized spacial score (nSPS) is 24.0. The van der Waals surface area contributed by atoms with Crippen molar-refractivity contribution < 1.29 is 1.43 Å². The van der Waals surface area contributed by atoms with Crippen LogP contribution in [0.2, 0.25) is 0 Å². The van der Waals surface area contributed by atoms with E-state index in [0.29, 0.717) is 0 Å². The van der Waals surface area contributed by atoms with Gasteiger partial charge in [-0.3, -0.25) is 0 Å². The fourth-order valence-corrected chi connectivity index (χ4v) is 1.44. The van der Waals surface area contributed by atoms with Gasteiger partial charge in [0.1, 0.15) is 0 Å². The first-order valence-corrected chi connectivity index (χ1v) is 5.05. The van der Waals surface area contributed by atoms with Gasteiger partial charge in [0.25, 0.3) is 0 Å². The zero-order valence-corrected chi connectivity index (χ0v) is 9.01. The van der Waals surface area contributed by atoms with Gasteiger partial charge in [-0.25, -0.2) is 0 Å². The fraction of sp³-hybridized carbons (Fsp3) is 1.00. The molecule has 0 radical (unpaired) electrons. The molecule has 1 aliphatic rings. The maximum absolute atomic E-state index is 4.85. The van der Waals surface area contributed by atoms with Crippen molar-refractivity contribution in [3.8, 4) is 0 Å². The molecule has 2 N–H and O–H groups in total. The SMILES string of the molecule is CC(C)N1CC[C@H](C)C1.CCN.[HH]. The summed E-state index contributed by atoms with van der Waals surface area (Å²) >= 11 is 0. The lowest BCUT2D eigenvalue weighted by molar-refractivity contribution is 0.267. The van der Waals surface area contributed by atoms with Crippen LogP contribution in [-0.4, -0.2) is 30.6 Å². The Bertz CT molecular complexity index is 107. The van der Waals surface area contributed by atoms with Crippen molar-refractivity contribution >= 4 is 0 Å². The number of nitrogens with zero attached hydrogens (tertiary/aromatic N) is 1. The monoisotopic (exact) mass is 174 g/mol. The van der Waals surface area contributed by atoms with E-state index < -0.39 is 0 Å². The fourth-order valence-electron chi connectivity index (χ4n) is 1.44. The topological polar surface area (TPSA) is 29.3 Å². The molecule has 0 spiro atoms. The van der Waals surface area contributed by atoms with E-state index in [4.69, 9.17) is 5.73 Å². The highest BCUT2D eigenvalue weighted by Gasteiger charge is 2.19. The van der Waals surface area contributed by atoms with E-state index >= 15 is 0 Å². The Morgan fingerprint density at radius 1 is 1.58 bits per heavy atom. The molecule has 0 unspecified atom stereocenters. The van der Waals surface area contributed by atoms with Crippen LogP contribution in [0.5, 0.6) is 0 Å². The molecule has 2 heteroatoms. The van der Waals surface area contributed by atoms with Crippen molar-refractivity contribution in [2.75, 3.05) is 19.6 Å². The number of nitrogens with two attached hydrogens (primary N) is 1. The van der Waals surface area contributed by atoms with Crippen LogP contribution in [-0.2, 0) is 0 Å². The molecule has 0 bridgehead atoms. The van der Waals surface area contributed by atoms with E-state index in [1.807, 2.05) is 6.92 Å². The van der Waals surface area contributed by atoms with Crippen molar-refractivity contribution in [2.45, 2.75) is 40.2 Å². The second-order valence-electron chi connectivity index (χ2n) is 3.89. The van der Waals surface area contributed by atoms with Crippen molar-refractivity contribution in [1.82, 2.24) is 4.90 Å². The minimum absolute atomic E-state index is 0. The van der Waals surface area contributed by atoms with Gasteiger partial charge in [-0.05, 0) is 39.3 Å². The summed E-state index contributed by atoms with van der Waals surface area (Å²) in [7, 11) is 0. The van der Waals surface area contributed by atoms with Crippen LogP contribution >= 0.6 is 0 Å². The molecule has 12 heavy (non-hydrogen) atoms. The minimum atomic E-state index is 0. The second-order valence-corrected chi connectivity index (χ2v) is 3.89. The summed E-state index contributed by atoms with van der Waals surface area (Å²) in [5, 5.41) is 0. The highest BCUT2D eigenvalue weighted by Crippen LogP contribution is 2.16. The summed E-state index contributed by atoms with van der Waals surface area (Å²) in [5.41, 5.74) is 4.85. The van der Waals surface area contributed by atoms with Crippen molar-refractivity contribution in [3.05, 3.63) is 0 Å². The molecule has 1 atom stereocenters. The third-order valence-corrected chi connectivity index (χ3v) is 2.19. The highest BCUT2D eigenvalue weighted by molar-refractivity contribution is 4.74. The van der Waals surface area contributed by atoms with Gasteiger partial charge in [0, 0.05) is 14.0 Å². The van der Waals surface area contributed by atoms with E-state index in [0.717, 1.165) is 18.5 Å². The Kier molecular flexibility index (Phi) is 6.39. The highest BCUT2D eigenvalue weighted by atomic mass is 15.2. The predicted molar refractivity (Wildman–Crippen MR) is 57.3 cm³/mol. The smallest absolute Gasteiger partial charge is 0.00387 e. The summed E-state index contributed by atoms with van der Waals surface area (Å²) in [4.78, 5) is 2.55. The van der Waals surface area contributed by atoms with E-state index in [1.165, 1.54) is 19.5 Å². The summed E-state index contributed by atoms with van der Waals surface area (Å²) < 4.78 is 0. The molecule has 0 aromatic heterocycles. The van der Waals surface area contributed by atoms with Crippen LogP contribution in [0.1, 0.15) is 35.5 Å². The minimum Gasteiger partial charge on any atom is -0.331 e. The summed E-state index contributed by atoms with van der Waals surface area (Å²) in [6.07, 6.45) is 1.40. The molecule has 1 aliphatic heterocycles. The van der Waals surface area contributed by atoms with Crippen molar-refractivity contribution in [3.63, 3.8) is 0 Å². The Labute approximate surface area is 78.6 Å². The maximum Gasteiger partial charge on any atom is 0.00387 e. The molecule has 1 heterocycles. The third-order valence-electron chi connectivity index (χ3n) is 2.19. The quantitative estimate of drug-likeness (QED) is 0.658. The molecule has 0 amide bonds. The summed E-state index contributed by atoms with van der Waals surface area (Å²) in [5.74, 6) is 0.937. The van der Waals surface area contributed by atoms with E-state index in [9.17, 15) is 0 Å². The lowest BCUT2D eigenvalue weighted by Crippen LogP contribution is -2.27. The van der Waals surface area contributed by atoms with Gasteiger partial charge in [0.15, 0.2) is 0 Å². The largest absolute Gasteiger partial charge is 0.331 e. The van der Waals surface area contributed by atoms with Crippen LogP contribution < -0.4 is 5.73 Å². The second kappa shape index (κ2) is 6.44. The van der Waals surface area contributed by atoms with Crippen molar-refractivity contribution in [2.24, 2.45) is 11.7 Å². The van der Waals surface area contributed by atoms with Gasteiger partial charge >= 0.3 is 0 Å². The van der Waals surface area contributed by atoms with Crippen LogP contribution in [0.25, 0.3) is 0 Å². The number of hydrogen-bond acceptors (Lipinski definition) is 2. The Morgan fingerprint density at radius 2 is 2.08 bits per heavy atom. The average Bonchev–Trinajstić information content (AvgIpc) is 2.37. The zero-order valence-electron chi connectivity index (χ0n) is 9.01. The Morgan fingerprint density at radius 3 is 2.25 bits per heavy atom. The molecule has 0 aromatic carbocycles. The van der Waals surface area contributed by atoms with Gasteiger partial charge in [-0.15, -0.1) is 0 Å². The number of likely N-dealkylation sites (tertiary alicyclic amines) is 1. The molecular formula is C10H26N2.